The lowest BCUT2D eigenvalue weighted by Gasteiger charge is -2.26. The smallest absolute Gasteiger partial charge is 0.222 e. The fraction of sp³-hybridized carbons (Fsp3) is 0.579. The minimum absolute atomic E-state index is 0.287. The van der Waals surface area contributed by atoms with Gasteiger partial charge in [-0.05, 0) is 56.2 Å². The van der Waals surface area contributed by atoms with E-state index in [0.29, 0.717) is 12.4 Å². The molecule has 1 amide bonds. The standard InChI is InChI=1S/C19H28N4O/c20-19(23-14-4-5-15-23)21-17-9-6-16(7-10-17)8-11-18(24)22-12-2-1-3-13-22/h6-7,9-10H,1-5,8,11-15H2,(H2,20,21). The monoisotopic (exact) mass is 328 g/mol. The van der Waals surface area contributed by atoms with E-state index >= 15 is 0 Å². The van der Waals surface area contributed by atoms with Crippen LogP contribution in [0.1, 0.15) is 44.1 Å². The molecule has 0 radical (unpaired) electrons. The van der Waals surface area contributed by atoms with E-state index in [-0.39, 0.29) is 5.91 Å². The second-order valence-corrected chi connectivity index (χ2v) is 6.77. The number of nitrogens with zero attached hydrogens (tertiary/aromatic N) is 3. The van der Waals surface area contributed by atoms with Crippen molar-refractivity contribution in [3.05, 3.63) is 29.8 Å². The molecule has 0 atom stereocenters. The highest BCUT2D eigenvalue weighted by atomic mass is 16.2. The number of hydrogen-bond donors (Lipinski definition) is 1. The maximum absolute atomic E-state index is 12.2. The normalized spacial score (nSPS) is 18.9. The number of likely N-dealkylation sites (tertiary alicyclic amines) is 2. The highest BCUT2D eigenvalue weighted by Crippen LogP contribution is 2.17. The van der Waals surface area contributed by atoms with Crippen molar-refractivity contribution < 1.29 is 4.79 Å². The summed E-state index contributed by atoms with van der Waals surface area (Å²) in [5.41, 5.74) is 8.12. The molecule has 0 aliphatic carbocycles. The van der Waals surface area contributed by atoms with Gasteiger partial charge in [-0.25, -0.2) is 4.99 Å². The van der Waals surface area contributed by atoms with Crippen LogP contribution in [-0.4, -0.2) is 47.8 Å². The van der Waals surface area contributed by atoms with Crippen molar-refractivity contribution in [3.8, 4) is 0 Å². The Hall–Kier alpha value is -2.04. The average Bonchev–Trinajstić information content (AvgIpc) is 3.16. The van der Waals surface area contributed by atoms with E-state index in [4.69, 9.17) is 5.73 Å². The van der Waals surface area contributed by atoms with Gasteiger partial charge < -0.3 is 15.5 Å². The van der Waals surface area contributed by atoms with E-state index in [2.05, 4.69) is 22.0 Å². The van der Waals surface area contributed by atoms with Gasteiger partial charge in [-0.1, -0.05) is 12.1 Å². The number of aliphatic imine (C=N–C) groups is 1. The molecule has 0 aromatic heterocycles. The van der Waals surface area contributed by atoms with Crippen molar-refractivity contribution in [1.29, 1.82) is 0 Å². The van der Waals surface area contributed by atoms with Gasteiger partial charge in [0, 0.05) is 32.6 Å². The lowest BCUT2D eigenvalue weighted by molar-refractivity contribution is -0.132. The highest BCUT2D eigenvalue weighted by molar-refractivity contribution is 5.81. The van der Waals surface area contributed by atoms with Crippen molar-refractivity contribution in [2.24, 2.45) is 10.7 Å². The number of guanidine groups is 1. The number of nitrogens with two attached hydrogens (primary N) is 1. The SMILES string of the molecule is NC(=Nc1ccc(CCC(=O)N2CCCCC2)cc1)N1CCCC1. The Labute approximate surface area is 144 Å². The van der Waals surface area contributed by atoms with Crippen molar-refractivity contribution in [2.75, 3.05) is 26.2 Å². The number of aryl methyl sites for hydroxylation is 1. The minimum atomic E-state index is 0.287. The molecule has 2 aliphatic rings. The van der Waals surface area contributed by atoms with E-state index in [9.17, 15) is 4.79 Å². The number of hydrogen-bond acceptors (Lipinski definition) is 2. The third-order valence-electron chi connectivity index (χ3n) is 4.95. The third-order valence-corrected chi connectivity index (χ3v) is 4.95. The summed E-state index contributed by atoms with van der Waals surface area (Å²) in [6.45, 7) is 3.88. The molecule has 24 heavy (non-hydrogen) atoms. The van der Waals surface area contributed by atoms with Crippen LogP contribution in [0.2, 0.25) is 0 Å². The number of carbonyl (C=O) groups excluding carboxylic acids is 1. The molecule has 1 aromatic rings. The van der Waals surface area contributed by atoms with Gasteiger partial charge in [0.25, 0.3) is 0 Å². The molecule has 0 spiro atoms. The molecule has 2 heterocycles. The first-order valence-corrected chi connectivity index (χ1v) is 9.18. The quantitative estimate of drug-likeness (QED) is 0.683. The summed E-state index contributed by atoms with van der Waals surface area (Å²) in [6, 6.07) is 8.09. The fourth-order valence-corrected chi connectivity index (χ4v) is 3.44. The molecule has 1 aromatic carbocycles. The van der Waals surface area contributed by atoms with Crippen LogP contribution >= 0.6 is 0 Å². The molecule has 2 fully saturated rings. The number of piperidine rings is 1. The lowest BCUT2D eigenvalue weighted by Crippen LogP contribution is -2.35. The maximum Gasteiger partial charge on any atom is 0.222 e. The van der Waals surface area contributed by atoms with Crippen LogP contribution in [0.3, 0.4) is 0 Å². The third kappa shape index (κ3) is 4.49. The van der Waals surface area contributed by atoms with E-state index in [0.717, 1.165) is 51.1 Å². The van der Waals surface area contributed by atoms with Gasteiger partial charge in [-0.15, -0.1) is 0 Å². The summed E-state index contributed by atoms with van der Waals surface area (Å²) in [5.74, 6) is 0.899. The molecule has 130 valence electrons. The summed E-state index contributed by atoms with van der Waals surface area (Å²) in [4.78, 5) is 20.9. The van der Waals surface area contributed by atoms with Gasteiger partial charge in [-0.2, -0.15) is 0 Å². The van der Waals surface area contributed by atoms with E-state index < -0.39 is 0 Å². The first-order chi connectivity index (χ1) is 11.7. The molecular weight excluding hydrogens is 300 g/mol. The van der Waals surface area contributed by atoms with Crippen LogP contribution < -0.4 is 5.73 Å². The van der Waals surface area contributed by atoms with Gasteiger partial charge >= 0.3 is 0 Å². The van der Waals surface area contributed by atoms with Crippen molar-refractivity contribution >= 4 is 17.6 Å². The largest absolute Gasteiger partial charge is 0.369 e. The lowest BCUT2D eigenvalue weighted by atomic mass is 10.1. The van der Waals surface area contributed by atoms with Gasteiger partial charge in [0.05, 0.1) is 5.69 Å². The van der Waals surface area contributed by atoms with Crippen molar-refractivity contribution in [1.82, 2.24) is 9.80 Å². The average molecular weight is 328 g/mol. The Bertz CT molecular complexity index is 570. The zero-order chi connectivity index (χ0) is 16.8. The number of rotatable bonds is 4. The van der Waals surface area contributed by atoms with Crippen LogP contribution in [-0.2, 0) is 11.2 Å². The first kappa shape index (κ1) is 16.8. The van der Waals surface area contributed by atoms with E-state index in [1.807, 2.05) is 17.0 Å². The molecule has 5 nitrogen and oxygen atoms in total. The molecule has 0 bridgehead atoms. The maximum atomic E-state index is 12.2. The molecule has 5 heteroatoms. The van der Waals surface area contributed by atoms with E-state index in [1.165, 1.54) is 24.8 Å². The molecule has 0 unspecified atom stereocenters. The molecule has 3 rings (SSSR count). The van der Waals surface area contributed by atoms with Gasteiger partial charge in [0.2, 0.25) is 5.91 Å². The first-order valence-electron chi connectivity index (χ1n) is 9.18. The molecule has 0 saturated carbocycles. The van der Waals surface area contributed by atoms with Gasteiger partial charge in [0.15, 0.2) is 5.96 Å². The van der Waals surface area contributed by atoms with Gasteiger partial charge in [-0.3, -0.25) is 4.79 Å². The molecule has 2 saturated heterocycles. The topological polar surface area (TPSA) is 61.9 Å². The van der Waals surface area contributed by atoms with Crippen LogP contribution in [0, 0.1) is 0 Å². The number of carbonyl (C=O) groups is 1. The second kappa shape index (κ2) is 8.18. The van der Waals surface area contributed by atoms with Crippen LogP contribution in [0.25, 0.3) is 0 Å². The summed E-state index contributed by atoms with van der Waals surface area (Å²) in [5, 5.41) is 0. The Morgan fingerprint density at radius 3 is 2.17 bits per heavy atom. The summed E-state index contributed by atoms with van der Waals surface area (Å²) < 4.78 is 0. The zero-order valence-electron chi connectivity index (χ0n) is 14.4. The van der Waals surface area contributed by atoms with Crippen LogP contribution in [0.15, 0.2) is 29.3 Å². The Morgan fingerprint density at radius 2 is 1.50 bits per heavy atom. The minimum Gasteiger partial charge on any atom is -0.369 e. The predicted molar refractivity (Wildman–Crippen MR) is 97.3 cm³/mol. The molecule has 2 N–H and O–H groups in total. The molecule has 2 aliphatic heterocycles. The second-order valence-electron chi connectivity index (χ2n) is 6.77. The van der Waals surface area contributed by atoms with Crippen molar-refractivity contribution in [3.63, 3.8) is 0 Å². The summed E-state index contributed by atoms with van der Waals surface area (Å²) in [6.07, 6.45) is 7.33. The summed E-state index contributed by atoms with van der Waals surface area (Å²) >= 11 is 0. The fourth-order valence-electron chi connectivity index (χ4n) is 3.44. The number of amides is 1. The van der Waals surface area contributed by atoms with Gasteiger partial charge in [0.1, 0.15) is 0 Å². The van der Waals surface area contributed by atoms with Crippen LogP contribution in [0.5, 0.6) is 0 Å². The zero-order valence-corrected chi connectivity index (χ0v) is 14.4. The van der Waals surface area contributed by atoms with E-state index in [1.54, 1.807) is 0 Å². The Kier molecular flexibility index (Phi) is 5.72. The Balaban J connectivity index is 1.50. The predicted octanol–water partition coefficient (Wildman–Crippen LogP) is 2.67. The highest BCUT2D eigenvalue weighted by Gasteiger charge is 2.16. The Morgan fingerprint density at radius 1 is 0.917 bits per heavy atom. The summed E-state index contributed by atoms with van der Waals surface area (Å²) in [7, 11) is 0. The number of benzene rings is 1. The van der Waals surface area contributed by atoms with Crippen LogP contribution in [0.4, 0.5) is 5.69 Å². The van der Waals surface area contributed by atoms with Crippen molar-refractivity contribution in [2.45, 2.75) is 44.9 Å². The molecular formula is C19H28N4O.